The Morgan fingerprint density at radius 2 is 2.16 bits per heavy atom. The van der Waals surface area contributed by atoms with Crippen molar-refractivity contribution in [3.8, 4) is 0 Å². The van der Waals surface area contributed by atoms with Gasteiger partial charge in [0.2, 0.25) is 0 Å². The van der Waals surface area contributed by atoms with Gasteiger partial charge in [0.15, 0.2) is 4.64 Å². The average molecular weight is 363 g/mol. The molecule has 3 rings (SSSR count). The summed E-state index contributed by atoms with van der Waals surface area (Å²) >= 11 is 5.34. The van der Waals surface area contributed by atoms with Crippen molar-refractivity contribution in [2.75, 3.05) is 13.1 Å². The van der Waals surface area contributed by atoms with Gasteiger partial charge in [-0.2, -0.15) is 0 Å². The number of ether oxygens (including phenoxy) is 1. The highest BCUT2D eigenvalue weighted by atomic mass is 32.1. The van der Waals surface area contributed by atoms with Crippen LogP contribution in [0.15, 0.2) is 18.6 Å². The lowest BCUT2D eigenvalue weighted by Crippen LogP contribution is -2.45. The Balaban J connectivity index is 1.54. The van der Waals surface area contributed by atoms with Crippen LogP contribution in [0.3, 0.4) is 0 Å². The standard InChI is InChI=1S/C17H25N5O2S/c1-17(2,3)24-16(23)20-13-5-7-21(8-6-13)10-12-4-9-22-14(12)15(25)18-11-19-22/h4,9,11,13H,5-8,10H2,1-3H3,(H,20,23)(H,18,19,25). The molecule has 0 unspecified atom stereocenters. The number of amides is 1. The van der Waals surface area contributed by atoms with E-state index in [0.717, 1.165) is 38.0 Å². The van der Waals surface area contributed by atoms with Gasteiger partial charge in [0.25, 0.3) is 0 Å². The molecule has 25 heavy (non-hydrogen) atoms. The van der Waals surface area contributed by atoms with E-state index in [2.05, 4.69) is 26.4 Å². The highest BCUT2D eigenvalue weighted by Crippen LogP contribution is 2.18. The summed E-state index contributed by atoms with van der Waals surface area (Å²) in [5.74, 6) is 0. The molecule has 7 nitrogen and oxygen atoms in total. The van der Waals surface area contributed by atoms with E-state index in [9.17, 15) is 4.79 Å². The lowest BCUT2D eigenvalue weighted by molar-refractivity contribution is 0.0477. The summed E-state index contributed by atoms with van der Waals surface area (Å²) in [6, 6.07) is 2.25. The molecule has 0 aliphatic carbocycles. The lowest BCUT2D eigenvalue weighted by Gasteiger charge is -2.32. The van der Waals surface area contributed by atoms with Crippen LogP contribution in [0, 0.1) is 4.64 Å². The summed E-state index contributed by atoms with van der Waals surface area (Å²) in [6.45, 7) is 8.30. The smallest absolute Gasteiger partial charge is 0.407 e. The zero-order valence-electron chi connectivity index (χ0n) is 14.9. The number of hydrogen-bond donors (Lipinski definition) is 2. The first-order valence-electron chi connectivity index (χ1n) is 8.57. The average Bonchev–Trinajstić information content (AvgIpc) is 2.92. The van der Waals surface area contributed by atoms with Crippen LogP contribution in [0.1, 0.15) is 39.2 Å². The molecule has 136 valence electrons. The Hall–Kier alpha value is -1.93. The van der Waals surface area contributed by atoms with Crippen molar-refractivity contribution in [1.82, 2.24) is 24.8 Å². The molecule has 2 N–H and O–H groups in total. The Morgan fingerprint density at radius 3 is 2.84 bits per heavy atom. The van der Waals surface area contributed by atoms with Gasteiger partial charge in [-0.05, 0) is 45.2 Å². The van der Waals surface area contributed by atoms with Gasteiger partial charge >= 0.3 is 6.09 Å². The van der Waals surface area contributed by atoms with Crippen molar-refractivity contribution in [3.63, 3.8) is 0 Å². The number of nitrogens with one attached hydrogen (secondary N) is 2. The molecule has 2 aromatic heterocycles. The lowest BCUT2D eigenvalue weighted by atomic mass is 10.0. The van der Waals surface area contributed by atoms with Gasteiger partial charge in [-0.25, -0.2) is 9.78 Å². The van der Waals surface area contributed by atoms with Gasteiger partial charge in [0.1, 0.15) is 17.4 Å². The van der Waals surface area contributed by atoms with Crippen molar-refractivity contribution in [2.45, 2.75) is 51.8 Å². The molecule has 0 atom stereocenters. The Kier molecular flexibility index (Phi) is 5.10. The molecule has 1 amide bonds. The van der Waals surface area contributed by atoms with E-state index in [-0.39, 0.29) is 12.1 Å². The van der Waals surface area contributed by atoms with Crippen LogP contribution in [0.4, 0.5) is 4.79 Å². The number of fused-ring (bicyclic) bond motifs is 1. The second-order valence-corrected chi connectivity index (χ2v) is 7.84. The molecule has 1 saturated heterocycles. The molecule has 8 heteroatoms. The van der Waals surface area contributed by atoms with Crippen LogP contribution < -0.4 is 5.32 Å². The Labute approximate surface area is 152 Å². The number of aromatic nitrogens is 3. The summed E-state index contributed by atoms with van der Waals surface area (Å²) in [7, 11) is 0. The predicted molar refractivity (Wildman–Crippen MR) is 98.0 cm³/mol. The van der Waals surface area contributed by atoms with Crippen molar-refractivity contribution >= 4 is 23.8 Å². The van der Waals surface area contributed by atoms with Crippen LogP contribution >= 0.6 is 12.2 Å². The van der Waals surface area contributed by atoms with E-state index in [1.54, 1.807) is 6.33 Å². The molecule has 0 radical (unpaired) electrons. The fourth-order valence-corrected chi connectivity index (χ4v) is 3.39. The van der Waals surface area contributed by atoms with E-state index < -0.39 is 5.60 Å². The first-order chi connectivity index (χ1) is 11.8. The fourth-order valence-electron chi connectivity index (χ4n) is 3.11. The largest absolute Gasteiger partial charge is 0.444 e. The SMILES string of the molecule is CC(C)(C)OC(=O)NC1CCN(Cc2ccn3[nH]cnc(=S)c23)CC1. The van der Waals surface area contributed by atoms with Crippen molar-refractivity contribution < 1.29 is 9.53 Å². The maximum Gasteiger partial charge on any atom is 0.407 e. The van der Waals surface area contributed by atoms with E-state index >= 15 is 0 Å². The number of aromatic amines is 1. The summed E-state index contributed by atoms with van der Waals surface area (Å²) in [5, 5.41) is 6.03. The number of carbonyl (C=O) groups is 1. The molecule has 0 bridgehead atoms. The molecule has 3 heterocycles. The van der Waals surface area contributed by atoms with Crippen molar-refractivity contribution in [3.05, 3.63) is 28.8 Å². The molecule has 2 aromatic rings. The highest BCUT2D eigenvalue weighted by molar-refractivity contribution is 7.71. The number of piperidine rings is 1. The van der Waals surface area contributed by atoms with Gasteiger partial charge in [-0.15, -0.1) is 0 Å². The predicted octanol–water partition coefficient (Wildman–Crippen LogP) is 2.88. The zero-order chi connectivity index (χ0) is 18.0. The van der Waals surface area contributed by atoms with Crippen LogP contribution in [-0.2, 0) is 11.3 Å². The van der Waals surface area contributed by atoms with E-state index in [1.807, 2.05) is 31.5 Å². The number of carbonyl (C=O) groups excluding carboxylic acids is 1. The summed E-state index contributed by atoms with van der Waals surface area (Å²) in [4.78, 5) is 18.4. The molecule has 0 saturated carbocycles. The zero-order valence-corrected chi connectivity index (χ0v) is 15.7. The van der Waals surface area contributed by atoms with Crippen molar-refractivity contribution in [2.24, 2.45) is 0 Å². The number of rotatable bonds is 3. The molecule has 0 aromatic carbocycles. The third-order valence-electron chi connectivity index (χ3n) is 4.25. The van der Waals surface area contributed by atoms with Gasteiger partial charge in [-0.1, -0.05) is 12.2 Å². The molecule has 1 aliphatic heterocycles. The van der Waals surface area contributed by atoms with Crippen LogP contribution in [0.25, 0.3) is 5.52 Å². The second-order valence-electron chi connectivity index (χ2n) is 7.45. The quantitative estimate of drug-likeness (QED) is 0.820. The molecule has 1 fully saturated rings. The van der Waals surface area contributed by atoms with Crippen LogP contribution in [-0.4, -0.2) is 50.3 Å². The number of H-pyrrole nitrogens is 1. The first kappa shape index (κ1) is 17.9. The normalized spacial score (nSPS) is 16.9. The van der Waals surface area contributed by atoms with Gasteiger partial charge in [-0.3, -0.25) is 14.5 Å². The van der Waals surface area contributed by atoms with Gasteiger partial charge in [0.05, 0.1) is 0 Å². The summed E-state index contributed by atoms with van der Waals surface area (Å²) in [6.07, 6.45) is 5.07. The Bertz CT molecular complexity index is 799. The minimum Gasteiger partial charge on any atom is -0.444 e. The monoisotopic (exact) mass is 363 g/mol. The van der Waals surface area contributed by atoms with Gasteiger partial charge < -0.3 is 10.1 Å². The molecule has 1 aliphatic rings. The van der Waals surface area contributed by atoms with E-state index in [0.29, 0.717) is 4.64 Å². The number of alkyl carbamates (subject to hydrolysis) is 1. The Morgan fingerprint density at radius 1 is 1.44 bits per heavy atom. The number of hydrogen-bond acceptors (Lipinski definition) is 5. The fraction of sp³-hybridized carbons (Fsp3) is 0.588. The minimum absolute atomic E-state index is 0.168. The first-order valence-corrected chi connectivity index (χ1v) is 8.98. The van der Waals surface area contributed by atoms with Gasteiger partial charge in [0, 0.05) is 31.9 Å². The maximum atomic E-state index is 11.9. The third-order valence-corrected chi connectivity index (χ3v) is 4.55. The van der Waals surface area contributed by atoms with E-state index in [1.165, 1.54) is 5.56 Å². The highest BCUT2D eigenvalue weighted by Gasteiger charge is 2.24. The third kappa shape index (κ3) is 4.58. The van der Waals surface area contributed by atoms with Crippen molar-refractivity contribution in [1.29, 1.82) is 0 Å². The minimum atomic E-state index is -0.464. The van der Waals surface area contributed by atoms with Crippen LogP contribution in [0.2, 0.25) is 0 Å². The van der Waals surface area contributed by atoms with E-state index in [4.69, 9.17) is 17.0 Å². The molecule has 0 spiro atoms. The number of nitrogens with zero attached hydrogens (tertiary/aromatic N) is 3. The second kappa shape index (κ2) is 7.13. The topological polar surface area (TPSA) is 74.7 Å². The number of likely N-dealkylation sites (tertiary alicyclic amines) is 1. The summed E-state index contributed by atoms with van der Waals surface area (Å²) < 4.78 is 7.84. The molecular weight excluding hydrogens is 338 g/mol. The molecular formula is C17H25N5O2S. The van der Waals surface area contributed by atoms with Crippen LogP contribution in [0.5, 0.6) is 0 Å². The summed E-state index contributed by atoms with van der Waals surface area (Å²) in [5.41, 5.74) is 1.67. The maximum absolute atomic E-state index is 11.9.